The van der Waals surface area contributed by atoms with Crippen LogP contribution in [-0.4, -0.2) is 92.1 Å². The van der Waals surface area contributed by atoms with Gasteiger partial charge in [0, 0.05) is 27.2 Å². The molecule has 0 spiro atoms. The van der Waals surface area contributed by atoms with Crippen molar-refractivity contribution in [1.29, 1.82) is 0 Å². The lowest BCUT2D eigenvalue weighted by Crippen LogP contribution is -2.65. The molecule has 288 valence electrons. The molecule has 5 fully saturated rings. The van der Waals surface area contributed by atoms with Gasteiger partial charge in [0.2, 0.25) is 0 Å². The van der Waals surface area contributed by atoms with E-state index in [1.54, 1.807) is 0 Å². The molecule has 0 aromatic heterocycles. The Kier molecular flexibility index (Phi) is 12.1. The summed E-state index contributed by atoms with van der Waals surface area (Å²) in [6.07, 6.45) is 0.0362. The number of methoxy groups -OCH3 is 2. The predicted molar refractivity (Wildman–Crippen MR) is 179 cm³/mol. The van der Waals surface area contributed by atoms with Crippen molar-refractivity contribution in [1.82, 2.24) is 0 Å². The summed E-state index contributed by atoms with van der Waals surface area (Å²) < 4.78 is 39.8. The number of carbonyl (C=O) groups is 5. The van der Waals surface area contributed by atoms with Crippen LogP contribution in [0.25, 0.3) is 0 Å². The topological polar surface area (TPSA) is 170 Å². The molecule has 0 unspecified atom stereocenters. The van der Waals surface area contributed by atoms with E-state index in [0.717, 1.165) is 59.5 Å². The molecule has 0 radical (unpaired) electrons. The maximum atomic E-state index is 13.1. The molecular weight excluding hydrogens is 664 g/mol. The van der Waals surface area contributed by atoms with Gasteiger partial charge >= 0.3 is 29.8 Å². The first kappa shape index (κ1) is 39.4. The Morgan fingerprint density at radius 2 is 1.37 bits per heavy atom. The van der Waals surface area contributed by atoms with E-state index in [4.69, 9.17) is 33.2 Å². The van der Waals surface area contributed by atoms with Gasteiger partial charge in [-0.25, -0.2) is 4.79 Å². The van der Waals surface area contributed by atoms with Crippen LogP contribution in [0.2, 0.25) is 0 Å². The minimum atomic E-state index is -1.54. The van der Waals surface area contributed by atoms with Crippen molar-refractivity contribution in [2.24, 2.45) is 46.3 Å². The smallest absolute Gasteiger partial charge is 0.339 e. The molecule has 51 heavy (non-hydrogen) atoms. The van der Waals surface area contributed by atoms with E-state index in [-0.39, 0.29) is 22.7 Å². The lowest BCUT2D eigenvalue weighted by molar-refractivity contribution is -0.325. The monoisotopic (exact) mass is 722 g/mol. The van der Waals surface area contributed by atoms with Crippen LogP contribution in [0.15, 0.2) is 0 Å². The van der Waals surface area contributed by atoms with Crippen LogP contribution in [0.5, 0.6) is 0 Å². The minimum Gasteiger partial charge on any atom is -0.469 e. The van der Waals surface area contributed by atoms with Gasteiger partial charge in [-0.1, -0.05) is 20.8 Å². The van der Waals surface area contributed by atoms with Crippen LogP contribution >= 0.6 is 0 Å². The summed E-state index contributed by atoms with van der Waals surface area (Å²) in [6.45, 7) is 10.5. The number of carbonyl (C=O) groups excluding carboxylic acids is 5. The standard InChI is InChI=1S/C38H58O13/c1-19(9-12-30(43)45-7)25-10-11-26-24-18-29(28-17-23(42)13-15-38(28,6)27(24)14-16-37(25,26)5)50-36-34(49-22(4)41)32(48-21(3)40)31(47-20(2)39)33(51-36)35(44)46-8/h19,23-29,31-34,36,42H,9-18H2,1-8H3/t19-,23-,24+,25-,26+,27+,28+,29+,31+,32+,33+,34-,36-,37-,38-/m1/s1. The molecule has 15 atom stereocenters. The molecule has 0 aromatic rings. The molecule has 13 heteroatoms. The highest BCUT2D eigenvalue weighted by Crippen LogP contribution is 2.69. The molecule has 1 saturated heterocycles. The molecule has 5 rings (SSSR count). The highest BCUT2D eigenvalue weighted by atomic mass is 16.7. The number of hydrogen-bond acceptors (Lipinski definition) is 13. The van der Waals surface area contributed by atoms with E-state index in [1.807, 2.05) is 0 Å². The first-order chi connectivity index (χ1) is 24.0. The summed E-state index contributed by atoms with van der Waals surface area (Å²) in [5.41, 5.74) is -0.0838. The summed E-state index contributed by atoms with van der Waals surface area (Å²) in [5, 5.41) is 11.0. The van der Waals surface area contributed by atoms with Crippen molar-refractivity contribution in [2.45, 2.75) is 149 Å². The molecular formula is C38H58O13. The molecule has 0 amide bonds. The molecule has 4 saturated carbocycles. The number of rotatable bonds is 10. The maximum absolute atomic E-state index is 13.1. The summed E-state index contributed by atoms with van der Waals surface area (Å²) in [6, 6.07) is 0. The highest BCUT2D eigenvalue weighted by Gasteiger charge is 2.64. The lowest BCUT2D eigenvalue weighted by Gasteiger charge is -2.63. The van der Waals surface area contributed by atoms with Crippen LogP contribution in [0.1, 0.15) is 106 Å². The number of esters is 5. The summed E-state index contributed by atoms with van der Waals surface area (Å²) in [7, 11) is 2.59. The zero-order valence-corrected chi connectivity index (χ0v) is 31.4. The van der Waals surface area contributed by atoms with Gasteiger partial charge in [-0.15, -0.1) is 0 Å². The second kappa shape index (κ2) is 15.7. The Balaban J connectivity index is 1.49. The largest absolute Gasteiger partial charge is 0.469 e. The normalized spacial score (nSPS) is 42.2. The Morgan fingerprint density at radius 3 is 2.00 bits per heavy atom. The van der Waals surface area contributed by atoms with Crippen LogP contribution in [-0.2, 0) is 57.1 Å². The van der Waals surface area contributed by atoms with E-state index in [1.165, 1.54) is 14.0 Å². The molecule has 5 aliphatic rings. The van der Waals surface area contributed by atoms with Gasteiger partial charge in [0.1, 0.15) is 0 Å². The number of fused-ring (bicyclic) bond motifs is 5. The molecule has 13 nitrogen and oxygen atoms in total. The van der Waals surface area contributed by atoms with Crippen LogP contribution in [0.4, 0.5) is 0 Å². The quantitative estimate of drug-likeness (QED) is 0.193. The van der Waals surface area contributed by atoms with Crippen molar-refractivity contribution in [3.63, 3.8) is 0 Å². The third-order valence-electron chi connectivity index (χ3n) is 13.6. The number of aliphatic hydroxyl groups is 1. The van der Waals surface area contributed by atoms with Gasteiger partial charge in [-0.05, 0) is 104 Å². The van der Waals surface area contributed by atoms with E-state index in [0.29, 0.717) is 55.3 Å². The first-order valence-corrected chi connectivity index (χ1v) is 18.7. The summed E-state index contributed by atoms with van der Waals surface area (Å²) in [5.74, 6) is -1.41. The zero-order valence-electron chi connectivity index (χ0n) is 31.4. The summed E-state index contributed by atoms with van der Waals surface area (Å²) in [4.78, 5) is 62.2. The Labute approximate surface area is 301 Å². The molecule has 0 aromatic carbocycles. The fourth-order valence-corrected chi connectivity index (χ4v) is 11.4. The van der Waals surface area contributed by atoms with Crippen molar-refractivity contribution >= 4 is 29.8 Å². The SMILES string of the molecule is COC(=O)CC[C@@H](C)[C@H]1CC[C@H]2[C@@H]3C[C@H](O[C@@H]4O[C@H](C(=O)OC)[C@@H](OC(C)=O)[C@H](OC(C)=O)[C@H]4OC(C)=O)[C@@H]4C[C@H](O)CC[C@]4(C)[C@H]3CC[C@]12C. The van der Waals surface area contributed by atoms with Gasteiger partial charge in [0.15, 0.2) is 30.7 Å². The van der Waals surface area contributed by atoms with Gasteiger partial charge in [0.05, 0.1) is 26.4 Å². The lowest BCUT2D eigenvalue weighted by atomic mass is 9.43. The van der Waals surface area contributed by atoms with E-state index < -0.39 is 66.8 Å². The first-order valence-electron chi connectivity index (χ1n) is 18.7. The number of ether oxygens (including phenoxy) is 7. The second-order valence-corrected chi connectivity index (χ2v) is 16.3. The minimum absolute atomic E-state index is 0.0699. The van der Waals surface area contributed by atoms with Crippen molar-refractivity contribution in [2.75, 3.05) is 14.2 Å². The van der Waals surface area contributed by atoms with Gasteiger partial charge in [-0.3, -0.25) is 19.2 Å². The van der Waals surface area contributed by atoms with Crippen LogP contribution in [0, 0.1) is 46.3 Å². The summed E-state index contributed by atoms with van der Waals surface area (Å²) >= 11 is 0. The van der Waals surface area contributed by atoms with Gasteiger partial charge in [-0.2, -0.15) is 0 Å². The van der Waals surface area contributed by atoms with Gasteiger partial charge in [0.25, 0.3) is 0 Å². The molecule has 4 aliphatic carbocycles. The van der Waals surface area contributed by atoms with Crippen LogP contribution in [0.3, 0.4) is 0 Å². The van der Waals surface area contributed by atoms with Crippen LogP contribution < -0.4 is 0 Å². The number of hydrogen-bond donors (Lipinski definition) is 1. The van der Waals surface area contributed by atoms with Crippen molar-refractivity contribution in [3.8, 4) is 0 Å². The van der Waals surface area contributed by atoms with E-state index in [9.17, 15) is 29.1 Å². The average Bonchev–Trinajstić information content (AvgIpc) is 3.43. The highest BCUT2D eigenvalue weighted by molar-refractivity contribution is 5.77. The van der Waals surface area contributed by atoms with Crippen molar-refractivity contribution in [3.05, 3.63) is 0 Å². The fourth-order valence-electron chi connectivity index (χ4n) is 11.4. The zero-order chi connectivity index (χ0) is 37.4. The fraction of sp³-hybridized carbons (Fsp3) is 0.868. The van der Waals surface area contributed by atoms with Gasteiger partial charge < -0.3 is 38.3 Å². The predicted octanol–water partition coefficient (Wildman–Crippen LogP) is 4.28. The molecule has 1 N–H and O–H groups in total. The molecule has 1 aliphatic heterocycles. The third-order valence-corrected chi connectivity index (χ3v) is 13.6. The molecule has 1 heterocycles. The van der Waals surface area contributed by atoms with Crippen molar-refractivity contribution < 1.29 is 62.2 Å². The number of aliphatic hydroxyl groups excluding tert-OH is 1. The Bertz CT molecular complexity index is 1320. The van der Waals surface area contributed by atoms with E-state index in [2.05, 4.69) is 20.8 Å². The van der Waals surface area contributed by atoms with E-state index >= 15 is 0 Å². The Hall–Kier alpha value is -2.77. The molecule has 0 bridgehead atoms. The average molecular weight is 723 g/mol. The Morgan fingerprint density at radius 1 is 0.765 bits per heavy atom. The third kappa shape index (κ3) is 7.81. The maximum Gasteiger partial charge on any atom is 0.339 e. The second-order valence-electron chi connectivity index (χ2n) is 16.3.